The van der Waals surface area contributed by atoms with Crippen molar-refractivity contribution in [3.8, 4) is 0 Å². The molecule has 0 saturated heterocycles. The van der Waals surface area contributed by atoms with Crippen molar-refractivity contribution in [3.05, 3.63) is 54.1 Å². The van der Waals surface area contributed by atoms with Gasteiger partial charge in [-0.3, -0.25) is 0 Å². The lowest BCUT2D eigenvalue weighted by Crippen LogP contribution is -2.33. The molecule has 2 N–H and O–H groups in total. The fourth-order valence-corrected chi connectivity index (χ4v) is 3.26. The van der Waals surface area contributed by atoms with Crippen LogP contribution in [-0.2, 0) is 5.54 Å². The molecule has 0 spiro atoms. The molecule has 1 aromatic carbocycles. The standard InChI is InChI=1S/C18H27N3/c1-17(2,3)12-18(4,5)21-13-20-11-15(21)16(19)14-9-7-6-8-10-14/h6-11,13,16H,12,19H2,1-5H3. The molecule has 0 aliphatic heterocycles. The highest BCUT2D eigenvalue weighted by atomic mass is 15.1. The molecule has 21 heavy (non-hydrogen) atoms. The minimum Gasteiger partial charge on any atom is -0.327 e. The first-order valence-corrected chi connectivity index (χ1v) is 7.54. The Hall–Kier alpha value is -1.61. The zero-order valence-corrected chi connectivity index (χ0v) is 13.8. The van der Waals surface area contributed by atoms with Crippen LogP contribution in [0, 0.1) is 5.41 Å². The lowest BCUT2D eigenvalue weighted by Gasteiger charge is -2.35. The minimum absolute atomic E-state index is 0.0174. The van der Waals surface area contributed by atoms with E-state index < -0.39 is 0 Å². The largest absolute Gasteiger partial charge is 0.327 e. The molecule has 3 heteroatoms. The van der Waals surface area contributed by atoms with Gasteiger partial charge < -0.3 is 10.3 Å². The van der Waals surface area contributed by atoms with E-state index in [1.54, 1.807) is 0 Å². The van der Waals surface area contributed by atoms with Crippen molar-refractivity contribution in [1.29, 1.82) is 0 Å². The number of rotatable bonds is 4. The van der Waals surface area contributed by atoms with Gasteiger partial charge in [-0.2, -0.15) is 0 Å². The monoisotopic (exact) mass is 285 g/mol. The van der Waals surface area contributed by atoms with Crippen molar-refractivity contribution < 1.29 is 0 Å². The fourth-order valence-electron chi connectivity index (χ4n) is 3.26. The minimum atomic E-state index is -0.145. The molecule has 1 unspecified atom stereocenters. The van der Waals surface area contributed by atoms with Crippen LogP contribution in [-0.4, -0.2) is 9.55 Å². The second-order valence-corrected chi connectivity index (χ2v) is 7.63. The summed E-state index contributed by atoms with van der Waals surface area (Å²) in [6.07, 6.45) is 4.86. The predicted molar refractivity (Wildman–Crippen MR) is 88.1 cm³/mol. The van der Waals surface area contributed by atoms with Crippen LogP contribution in [0.4, 0.5) is 0 Å². The molecule has 2 rings (SSSR count). The molecular weight excluding hydrogens is 258 g/mol. The van der Waals surface area contributed by atoms with Crippen LogP contribution in [0.15, 0.2) is 42.9 Å². The van der Waals surface area contributed by atoms with Crippen LogP contribution < -0.4 is 5.73 Å². The SMILES string of the molecule is CC(C)(C)CC(C)(C)n1cncc1C(N)c1ccccc1. The summed E-state index contributed by atoms with van der Waals surface area (Å²) in [6, 6.07) is 10.0. The highest BCUT2D eigenvalue weighted by Crippen LogP contribution is 2.34. The van der Waals surface area contributed by atoms with E-state index in [1.165, 1.54) is 0 Å². The number of aromatic nitrogens is 2. The lowest BCUT2D eigenvalue weighted by molar-refractivity contribution is 0.209. The summed E-state index contributed by atoms with van der Waals surface area (Å²) in [7, 11) is 0. The fraction of sp³-hybridized carbons (Fsp3) is 0.500. The number of nitrogens with two attached hydrogens (primary N) is 1. The highest BCUT2D eigenvalue weighted by Gasteiger charge is 2.30. The third kappa shape index (κ3) is 3.73. The maximum absolute atomic E-state index is 6.46. The summed E-state index contributed by atoms with van der Waals surface area (Å²) in [5, 5.41) is 0. The zero-order chi connectivity index (χ0) is 15.7. The third-order valence-corrected chi connectivity index (χ3v) is 3.76. The second kappa shape index (κ2) is 5.64. The molecule has 0 bridgehead atoms. The highest BCUT2D eigenvalue weighted by molar-refractivity contribution is 5.27. The number of imidazole rings is 1. The molecule has 0 saturated carbocycles. The molecule has 1 aromatic heterocycles. The van der Waals surface area contributed by atoms with Gasteiger partial charge in [-0.25, -0.2) is 4.98 Å². The Morgan fingerprint density at radius 2 is 1.71 bits per heavy atom. The number of hydrogen-bond donors (Lipinski definition) is 1. The van der Waals surface area contributed by atoms with Gasteiger partial charge in [-0.05, 0) is 31.2 Å². The first-order valence-electron chi connectivity index (χ1n) is 7.54. The Morgan fingerprint density at radius 1 is 1.10 bits per heavy atom. The van der Waals surface area contributed by atoms with Crippen LogP contribution in [0.5, 0.6) is 0 Å². The van der Waals surface area contributed by atoms with Crippen LogP contribution in [0.25, 0.3) is 0 Å². The molecule has 0 amide bonds. The number of hydrogen-bond acceptors (Lipinski definition) is 2. The van der Waals surface area contributed by atoms with Gasteiger partial charge in [0.1, 0.15) is 0 Å². The summed E-state index contributed by atoms with van der Waals surface area (Å²) in [5.41, 5.74) is 8.88. The first-order chi connectivity index (χ1) is 9.71. The summed E-state index contributed by atoms with van der Waals surface area (Å²) in [6.45, 7) is 11.3. The van der Waals surface area contributed by atoms with Crippen molar-refractivity contribution in [1.82, 2.24) is 9.55 Å². The van der Waals surface area contributed by atoms with Crippen LogP contribution in [0.2, 0.25) is 0 Å². The predicted octanol–water partition coefficient (Wildman–Crippen LogP) is 4.10. The van der Waals surface area contributed by atoms with Gasteiger partial charge in [-0.1, -0.05) is 51.1 Å². The Balaban J connectivity index is 2.34. The second-order valence-electron chi connectivity index (χ2n) is 7.63. The Morgan fingerprint density at radius 3 is 2.29 bits per heavy atom. The van der Waals surface area contributed by atoms with Crippen molar-refractivity contribution in [2.75, 3.05) is 0 Å². The maximum atomic E-state index is 6.46. The van der Waals surface area contributed by atoms with E-state index in [0.717, 1.165) is 17.7 Å². The molecule has 3 nitrogen and oxygen atoms in total. The molecule has 0 aliphatic carbocycles. The lowest BCUT2D eigenvalue weighted by atomic mass is 9.81. The molecule has 0 radical (unpaired) electrons. The number of benzene rings is 1. The normalized spacial score (nSPS) is 14.2. The molecule has 0 aliphatic rings. The van der Waals surface area contributed by atoms with Gasteiger partial charge in [0, 0.05) is 5.54 Å². The topological polar surface area (TPSA) is 43.8 Å². The summed E-state index contributed by atoms with van der Waals surface area (Å²) < 4.78 is 2.23. The van der Waals surface area contributed by atoms with E-state index >= 15 is 0 Å². The molecule has 1 heterocycles. The Kier molecular flexibility index (Phi) is 4.24. The maximum Gasteiger partial charge on any atom is 0.0953 e. The van der Waals surface area contributed by atoms with Crippen molar-refractivity contribution in [2.45, 2.75) is 52.6 Å². The molecule has 0 fully saturated rings. The summed E-state index contributed by atoms with van der Waals surface area (Å²) in [5.74, 6) is 0. The third-order valence-electron chi connectivity index (χ3n) is 3.76. The van der Waals surface area contributed by atoms with Crippen LogP contribution in [0.3, 0.4) is 0 Å². The summed E-state index contributed by atoms with van der Waals surface area (Å²) >= 11 is 0. The average Bonchev–Trinajstić information content (AvgIpc) is 2.86. The Bertz CT molecular complexity index is 576. The van der Waals surface area contributed by atoms with Gasteiger partial charge in [0.2, 0.25) is 0 Å². The zero-order valence-electron chi connectivity index (χ0n) is 13.8. The van der Waals surface area contributed by atoms with Gasteiger partial charge in [0.25, 0.3) is 0 Å². The average molecular weight is 285 g/mol. The van der Waals surface area contributed by atoms with Gasteiger partial charge in [-0.15, -0.1) is 0 Å². The van der Waals surface area contributed by atoms with E-state index in [0.29, 0.717) is 0 Å². The van der Waals surface area contributed by atoms with Crippen LogP contribution >= 0.6 is 0 Å². The van der Waals surface area contributed by atoms with Gasteiger partial charge in [0.15, 0.2) is 0 Å². The van der Waals surface area contributed by atoms with Crippen molar-refractivity contribution >= 4 is 0 Å². The Labute approximate surface area is 128 Å². The number of nitrogens with zero attached hydrogens (tertiary/aromatic N) is 2. The van der Waals surface area contributed by atoms with E-state index in [4.69, 9.17) is 5.73 Å². The van der Waals surface area contributed by atoms with E-state index in [9.17, 15) is 0 Å². The van der Waals surface area contributed by atoms with Gasteiger partial charge in [0.05, 0.1) is 24.3 Å². The molecule has 1 atom stereocenters. The van der Waals surface area contributed by atoms with E-state index in [-0.39, 0.29) is 17.0 Å². The van der Waals surface area contributed by atoms with Crippen LogP contribution in [0.1, 0.15) is 58.3 Å². The van der Waals surface area contributed by atoms with E-state index in [2.05, 4.69) is 56.3 Å². The summed E-state index contributed by atoms with van der Waals surface area (Å²) in [4.78, 5) is 4.35. The molecule has 114 valence electrons. The van der Waals surface area contributed by atoms with Crippen molar-refractivity contribution in [3.63, 3.8) is 0 Å². The molecular formula is C18H27N3. The molecule has 2 aromatic rings. The smallest absolute Gasteiger partial charge is 0.0953 e. The quantitative estimate of drug-likeness (QED) is 0.919. The van der Waals surface area contributed by atoms with Gasteiger partial charge >= 0.3 is 0 Å². The van der Waals surface area contributed by atoms with E-state index in [1.807, 2.05) is 30.7 Å². The first kappa shape index (κ1) is 15.8. The van der Waals surface area contributed by atoms with Crippen molar-refractivity contribution in [2.24, 2.45) is 11.1 Å².